The van der Waals surface area contributed by atoms with Crippen LogP contribution in [0.15, 0.2) is 41.6 Å². The van der Waals surface area contributed by atoms with Gasteiger partial charge in [-0.1, -0.05) is 56.5 Å². The second-order valence-corrected chi connectivity index (χ2v) is 4.54. The maximum atomic E-state index is 4.06. The first-order valence-electron chi connectivity index (χ1n) is 6.75. The van der Waals surface area contributed by atoms with Gasteiger partial charge in [-0.15, -0.1) is 0 Å². The van der Waals surface area contributed by atoms with Crippen LogP contribution in [0.5, 0.6) is 0 Å². The molecule has 1 aromatic carbocycles. The summed E-state index contributed by atoms with van der Waals surface area (Å²) in [6, 6.07) is 10.4. The molecule has 0 N–H and O–H groups in total. The van der Waals surface area contributed by atoms with Crippen molar-refractivity contribution in [3.8, 4) is 0 Å². The number of allylic oxidation sites excluding steroid dienone is 1. The Labute approximate surface area is 111 Å². The largest absolute Gasteiger partial charge is 0.273 e. The lowest BCUT2D eigenvalue weighted by Gasteiger charge is -2.15. The van der Waals surface area contributed by atoms with Crippen molar-refractivity contribution < 1.29 is 0 Å². The Morgan fingerprint density at radius 3 is 2.56 bits per heavy atom. The number of hydrogen-bond acceptors (Lipinski definition) is 2. The smallest absolute Gasteiger partial charge is 0.0408 e. The predicted octanol–water partition coefficient (Wildman–Crippen LogP) is 4.55. The Kier molecular flexibility index (Phi) is 6.85. The van der Waals surface area contributed by atoms with Gasteiger partial charge in [0.25, 0.3) is 0 Å². The third-order valence-corrected chi connectivity index (χ3v) is 2.99. The molecule has 0 aliphatic carbocycles. The van der Waals surface area contributed by atoms with Gasteiger partial charge >= 0.3 is 0 Å². The van der Waals surface area contributed by atoms with Crippen LogP contribution in [-0.2, 0) is 0 Å². The van der Waals surface area contributed by atoms with Crippen LogP contribution in [-0.4, -0.2) is 18.3 Å². The molecule has 0 unspecified atom stereocenters. The van der Waals surface area contributed by atoms with Gasteiger partial charge in [-0.2, -0.15) is 5.10 Å². The summed E-state index contributed by atoms with van der Waals surface area (Å²) in [7, 11) is 0. The maximum Gasteiger partial charge on any atom is 0.0408 e. The van der Waals surface area contributed by atoms with Gasteiger partial charge in [-0.3, -0.25) is 5.01 Å². The fourth-order valence-corrected chi connectivity index (χ4v) is 1.88. The van der Waals surface area contributed by atoms with E-state index in [4.69, 9.17) is 0 Å². The van der Waals surface area contributed by atoms with Gasteiger partial charge in [0, 0.05) is 19.5 Å². The van der Waals surface area contributed by atoms with E-state index in [1.807, 2.05) is 11.1 Å². The number of hydrazone groups is 1. The highest BCUT2D eigenvalue weighted by molar-refractivity contribution is 5.63. The van der Waals surface area contributed by atoms with Gasteiger partial charge in [0.15, 0.2) is 0 Å². The molecule has 0 bridgehead atoms. The third kappa shape index (κ3) is 5.17. The van der Waals surface area contributed by atoms with Crippen molar-refractivity contribution in [2.75, 3.05) is 6.54 Å². The molecular weight excluding hydrogens is 220 g/mol. The van der Waals surface area contributed by atoms with Gasteiger partial charge in [-0.05, 0) is 24.5 Å². The first-order chi connectivity index (χ1) is 8.77. The number of rotatable bonds is 8. The molecule has 0 heterocycles. The van der Waals surface area contributed by atoms with E-state index in [1.165, 1.54) is 36.8 Å². The zero-order valence-corrected chi connectivity index (χ0v) is 11.6. The number of nitrogens with zero attached hydrogens (tertiary/aromatic N) is 2. The molecule has 0 saturated carbocycles. The summed E-state index contributed by atoms with van der Waals surface area (Å²) < 4.78 is 0. The average Bonchev–Trinajstić information content (AvgIpc) is 2.43. The standard InChI is InChI=1S/C16H24N2/c1-4-5-6-10-13-18(17-3)14-15(2)16-11-8-7-9-12-16/h7-9,11-12,14H,3-6,10,13H2,1-2H3/b15-14+. The first kappa shape index (κ1) is 14.5. The first-order valence-corrected chi connectivity index (χ1v) is 6.75. The van der Waals surface area contributed by atoms with E-state index in [0.29, 0.717) is 0 Å². The van der Waals surface area contributed by atoms with Crippen LogP contribution in [0.4, 0.5) is 0 Å². The lowest BCUT2D eigenvalue weighted by atomic mass is 10.1. The van der Waals surface area contributed by atoms with Gasteiger partial charge in [0.2, 0.25) is 0 Å². The van der Waals surface area contributed by atoms with E-state index in [9.17, 15) is 0 Å². The van der Waals surface area contributed by atoms with E-state index in [1.54, 1.807) is 0 Å². The van der Waals surface area contributed by atoms with Crippen LogP contribution < -0.4 is 0 Å². The molecular formula is C16H24N2. The molecule has 0 saturated heterocycles. The average molecular weight is 244 g/mol. The van der Waals surface area contributed by atoms with Gasteiger partial charge in [0.1, 0.15) is 0 Å². The van der Waals surface area contributed by atoms with E-state index in [0.717, 1.165) is 6.54 Å². The zero-order valence-electron chi connectivity index (χ0n) is 11.6. The third-order valence-electron chi connectivity index (χ3n) is 2.99. The summed E-state index contributed by atoms with van der Waals surface area (Å²) in [6.07, 6.45) is 7.08. The highest BCUT2D eigenvalue weighted by atomic mass is 15.4. The Hall–Kier alpha value is -1.57. The molecule has 2 heteroatoms. The van der Waals surface area contributed by atoms with Crippen molar-refractivity contribution in [1.82, 2.24) is 5.01 Å². The molecule has 0 amide bonds. The van der Waals surface area contributed by atoms with Gasteiger partial charge in [0.05, 0.1) is 0 Å². The molecule has 0 aromatic heterocycles. The van der Waals surface area contributed by atoms with E-state index in [-0.39, 0.29) is 0 Å². The Morgan fingerprint density at radius 1 is 1.22 bits per heavy atom. The molecule has 0 aliphatic heterocycles. The number of hydrogen-bond donors (Lipinski definition) is 0. The van der Waals surface area contributed by atoms with E-state index < -0.39 is 0 Å². The minimum absolute atomic E-state index is 0.952. The van der Waals surface area contributed by atoms with Crippen molar-refractivity contribution in [2.24, 2.45) is 5.10 Å². The van der Waals surface area contributed by atoms with Crippen molar-refractivity contribution in [2.45, 2.75) is 39.5 Å². The summed E-state index contributed by atoms with van der Waals surface area (Å²) in [6.45, 7) is 8.93. The molecule has 0 spiro atoms. The van der Waals surface area contributed by atoms with Crippen molar-refractivity contribution >= 4 is 12.3 Å². The van der Waals surface area contributed by atoms with E-state index >= 15 is 0 Å². The minimum atomic E-state index is 0.952. The number of unbranched alkanes of at least 4 members (excludes halogenated alkanes) is 3. The Balaban J connectivity index is 2.53. The highest BCUT2D eigenvalue weighted by Crippen LogP contribution is 2.14. The normalized spacial score (nSPS) is 11.3. The van der Waals surface area contributed by atoms with E-state index in [2.05, 4.69) is 56.1 Å². The molecule has 0 fully saturated rings. The van der Waals surface area contributed by atoms with Crippen molar-refractivity contribution in [1.29, 1.82) is 0 Å². The second-order valence-electron chi connectivity index (χ2n) is 4.54. The maximum absolute atomic E-state index is 4.06. The topological polar surface area (TPSA) is 15.6 Å². The van der Waals surface area contributed by atoms with Crippen LogP contribution in [0.1, 0.15) is 45.1 Å². The number of benzene rings is 1. The van der Waals surface area contributed by atoms with Crippen LogP contribution in [0, 0.1) is 0 Å². The van der Waals surface area contributed by atoms with Crippen LogP contribution >= 0.6 is 0 Å². The predicted molar refractivity (Wildman–Crippen MR) is 80.5 cm³/mol. The summed E-state index contributed by atoms with van der Waals surface area (Å²) in [5, 5.41) is 6.00. The summed E-state index contributed by atoms with van der Waals surface area (Å²) in [5.41, 5.74) is 2.46. The molecule has 0 radical (unpaired) electrons. The zero-order chi connectivity index (χ0) is 13.2. The van der Waals surface area contributed by atoms with Crippen molar-refractivity contribution in [3.05, 3.63) is 42.1 Å². The molecule has 0 atom stereocenters. The van der Waals surface area contributed by atoms with Crippen LogP contribution in [0.2, 0.25) is 0 Å². The SMILES string of the molecule is C=NN(/C=C(\C)c1ccccc1)CCCCCC. The summed E-state index contributed by atoms with van der Waals surface area (Å²) >= 11 is 0. The Bertz CT molecular complexity index is 368. The highest BCUT2D eigenvalue weighted by Gasteiger charge is 1.99. The molecule has 0 aliphatic rings. The van der Waals surface area contributed by atoms with Crippen molar-refractivity contribution in [3.63, 3.8) is 0 Å². The van der Waals surface area contributed by atoms with Crippen LogP contribution in [0.25, 0.3) is 5.57 Å². The fraction of sp³-hybridized carbons (Fsp3) is 0.438. The summed E-state index contributed by atoms with van der Waals surface area (Å²) in [4.78, 5) is 0. The molecule has 1 rings (SSSR count). The fourth-order valence-electron chi connectivity index (χ4n) is 1.88. The lowest BCUT2D eigenvalue weighted by Crippen LogP contribution is -2.11. The minimum Gasteiger partial charge on any atom is -0.273 e. The van der Waals surface area contributed by atoms with Crippen LogP contribution in [0.3, 0.4) is 0 Å². The lowest BCUT2D eigenvalue weighted by molar-refractivity contribution is 0.386. The Morgan fingerprint density at radius 2 is 1.94 bits per heavy atom. The quantitative estimate of drug-likeness (QED) is 0.372. The molecule has 98 valence electrons. The molecule has 1 aromatic rings. The second kappa shape index (κ2) is 8.51. The monoisotopic (exact) mass is 244 g/mol. The van der Waals surface area contributed by atoms with Gasteiger partial charge < -0.3 is 0 Å². The molecule has 18 heavy (non-hydrogen) atoms. The molecule has 2 nitrogen and oxygen atoms in total. The summed E-state index contributed by atoms with van der Waals surface area (Å²) in [5.74, 6) is 0. The van der Waals surface area contributed by atoms with Gasteiger partial charge in [-0.25, -0.2) is 0 Å².